The van der Waals surface area contributed by atoms with E-state index in [0.717, 1.165) is 6.07 Å². The fourth-order valence-corrected chi connectivity index (χ4v) is 4.55. The van der Waals surface area contributed by atoms with E-state index in [-0.39, 0.29) is 41.8 Å². The number of amides is 2. The van der Waals surface area contributed by atoms with E-state index < -0.39 is 15.7 Å². The molecule has 134 valence electrons. The Bertz CT molecular complexity index is 699. The Kier molecular flexibility index (Phi) is 6.28. The monoisotopic (exact) mass is 378 g/mol. The lowest BCUT2D eigenvalue weighted by Gasteiger charge is -2.27. The summed E-state index contributed by atoms with van der Waals surface area (Å²) in [6.07, 6.45) is 0.464. The highest BCUT2D eigenvalue weighted by atomic mass is 35.5. The molecule has 6 nitrogen and oxygen atoms in total. The van der Waals surface area contributed by atoms with Crippen LogP contribution in [-0.2, 0) is 9.84 Å². The summed E-state index contributed by atoms with van der Waals surface area (Å²) in [7, 11) is -3.05. The summed E-state index contributed by atoms with van der Waals surface area (Å²) >= 11 is 5.84. The number of nitrogens with one attached hydrogen (secondary N) is 1. The van der Waals surface area contributed by atoms with Gasteiger partial charge in [0.2, 0.25) is 0 Å². The van der Waals surface area contributed by atoms with Crippen molar-refractivity contribution in [1.82, 2.24) is 10.2 Å². The summed E-state index contributed by atoms with van der Waals surface area (Å²) in [5.41, 5.74) is 0. The van der Waals surface area contributed by atoms with Crippen LogP contribution >= 0.6 is 11.6 Å². The van der Waals surface area contributed by atoms with E-state index in [9.17, 15) is 17.6 Å². The average molecular weight is 379 g/mol. The van der Waals surface area contributed by atoms with E-state index in [4.69, 9.17) is 16.3 Å². The number of hydrogen-bond donors (Lipinski definition) is 1. The largest absolute Gasteiger partial charge is 0.490 e. The number of benzene rings is 1. The lowest BCUT2D eigenvalue weighted by Crippen LogP contribution is -2.47. The van der Waals surface area contributed by atoms with Crippen LogP contribution < -0.4 is 10.1 Å². The molecule has 24 heavy (non-hydrogen) atoms. The highest BCUT2D eigenvalue weighted by molar-refractivity contribution is 7.91. The molecule has 2 rings (SSSR count). The second kappa shape index (κ2) is 8.02. The number of urea groups is 1. The number of rotatable bonds is 6. The zero-order valence-corrected chi connectivity index (χ0v) is 14.9. The molecule has 1 saturated heterocycles. The van der Waals surface area contributed by atoms with E-state index in [0.29, 0.717) is 18.7 Å². The molecule has 1 N–H and O–H groups in total. The molecule has 0 saturated carbocycles. The van der Waals surface area contributed by atoms with Gasteiger partial charge in [-0.2, -0.15) is 0 Å². The second-order valence-corrected chi connectivity index (χ2v) is 8.13. The lowest BCUT2D eigenvalue weighted by atomic mass is 10.2. The number of ether oxygens (including phenoxy) is 1. The van der Waals surface area contributed by atoms with E-state index in [2.05, 4.69) is 5.32 Å². The zero-order chi connectivity index (χ0) is 17.7. The standard InChI is InChI=1S/C15H20ClFN2O4S/c1-2-19(12-5-8-24(21,22)10-12)15(20)18-6-7-23-14-4-3-11(17)9-13(14)16/h3-4,9,12H,2,5-8,10H2,1H3,(H,18,20). The van der Waals surface area contributed by atoms with Gasteiger partial charge in [-0.3, -0.25) is 0 Å². The average Bonchev–Trinajstić information content (AvgIpc) is 2.86. The van der Waals surface area contributed by atoms with Crippen molar-refractivity contribution in [2.75, 3.05) is 31.2 Å². The summed E-state index contributed by atoms with van der Waals surface area (Å²) < 4.78 is 41.4. The number of carbonyl (C=O) groups excluding carboxylic acids is 1. The van der Waals surface area contributed by atoms with Crippen molar-refractivity contribution in [3.05, 3.63) is 29.0 Å². The van der Waals surface area contributed by atoms with Crippen molar-refractivity contribution in [2.24, 2.45) is 0 Å². The van der Waals surface area contributed by atoms with Crippen molar-refractivity contribution in [1.29, 1.82) is 0 Å². The number of hydrogen-bond acceptors (Lipinski definition) is 4. The third-order valence-corrected chi connectivity index (χ3v) is 5.83. The molecule has 0 spiro atoms. The molecule has 0 aromatic heterocycles. The molecule has 1 aliphatic heterocycles. The normalized spacial score (nSPS) is 19.0. The van der Waals surface area contributed by atoms with Crippen LogP contribution in [0.4, 0.5) is 9.18 Å². The Morgan fingerprint density at radius 3 is 2.83 bits per heavy atom. The van der Waals surface area contributed by atoms with Gasteiger partial charge >= 0.3 is 6.03 Å². The predicted molar refractivity (Wildman–Crippen MR) is 89.7 cm³/mol. The minimum atomic E-state index is -3.05. The Labute approximate surface area is 145 Å². The molecule has 2 amide bonds. The van der Waals surface area contributed by atoms with Gasteiger partial charge in [0.25, 0.3) is 0 Å². The molecule has 1 heterocycles. The smallest absolute Gasteiger partial charge is 0.317 e. The first-order chi connectivity index (χ1) is 11.3. The van der Waals surface area contributed by atoms with Gasteiger partial charge in [-0.1, -0.05) is 11.6 Å². The molecule has 1 unspecified atom stereocenters. The van der Waals surface area contributed by atoms with Gasteiger partial charge in [-0.25, -0.2) is 17.6 Å². The summed E-state index contributed by atoms with van der Waals surface area (Å²) in [5.74, 6) is 0.0103. The maximum atomic E-state index is 12.9. The van der Waals surface area contributed by atoms with Crippen LogP contribution in [0.2, 0.25) is 5.02 Å². The van der Waals surface area contributed by atoms with Crippen molar-refractivity contribution in [3.8, 4) is 5.75 Å². The number of sulfone groups is 1. The number of halogens is 2. The van der Waals surface area contributed by atoms with E-state index in [1.807, 2.05) is 0 Å². The van der Waals surface area contributed by atoms with E-state index >= 15 is 0 Å². The fraction of sp³-hybridized carbons (Fsp3) is 0.533. The fourth-order valence-electron chi connectivity index (χ4n) is 2.60. The summed E-state index contributed by atoms with van der Waals surface area (Å²) in [4.78, 5) is 13.7. The number of carbonyl (C=O) groups is 1. The highest BCUT2D eigenvalue weighted by Crippen LogP contribution is 2.24. The lowest BCUT2D eigenvalue weighted by molar-refractivity contribution is 0.181. The Morgan fingerprint density at radius 1 is 1.50 bits per heavy atom. The molecule has 1 aromatic rings. The molecule has 0 aliphatic carbocycles. The van der Waals surface area contributed by atoms with Crippen molar-refractivity contribution in [2.45, 2.75) is 19.4 Å². The number of nitrogens with zero attached hydrogens (tertiary/aromatic N) is 1. The van der Waals surface area contributed by atoms with Crippen molar-refractivity contribution >= 4 is 27.5 Å². The van der Waals surface area contributed by atoms with Gasteiger partial charge in [0.05, 0.1) is 23.1 Å². The van der Waals surface area contributed by atoms with Gasteiger partial charge in [-0.05, 0) is 31.5 Å². The summed E-state index contributed by atoms with van der Waals surface area (Å²) in [6, 6.07) is 3.19. The Morgan fingerprint density at radius 2 is 2.25 bits per heavy atom. The molecule has 1 fully saturated rings. The highest BCUT2D eigenvalue weighted by Gasteiger charge is 2.33. The van der Waals surface area contributed by atoms with Gasteiger partial charge < -0.3 is 15.0 Å². The first-order valence-corrected chi connectivity index (χ1v) is 9.85. The van der Waals surface area contributed by atoms with Crippen LogP contribution in [0, 0.1) is 5.82 Å². The summed E-state index contributed by atoms with van der Waals surface area (Å²) in [6.45, 7) is 2.62. The molecule has 0 radical (unpaired) electrons. The molecular formula is C15H20ClFN2O4S. The SMILES string of the molecule is CCN(C(=O)NCCOc1ccc(F)cc1Cl)C1CCS(=O)(=O)C1. The van der Waals surface area contributed by atoms with Crippen LogP contribution in [0.3, 0.4) is 0 Å². The minimum absolute atomic E-state index is 0.00987. The molecule has 1 aliphatic rings. The van der Waals surface area contributed by atoms with Crippen LogP contribution in [0.1, 0.15) is 13.3 Å². The maximum Gasteiger partial charge on any atom is 0.317 e. The topological polar surface area (TPSA) is 75.7 Å². The van der Waals surface area contributed by atoms with E-state index in [1.54, 1.807) is 6.92 Å². The molecule has 0 bridgehead atoms. The van der Waals surface area contributed by atoms with Gasteiger partial charge in [0.15, 0.2) is 9.84 Å². The predicted octanol–water partition coefficient (Wildman–Crippen LogP) is 2.08. The first-order valence-electron chi connectivity index (χ1n) is 7.65. The van der Waals surface area contributed by atoms with Crippen LogP contribution in [-0.4, -0.2) is 56.6 Å². The first kappa shape index (κ1) is 18.8. The molecule has 9 heteroatoms. The third kappa shape index (κ3) is 4.98. The van der Waals surface area contributed by atoms with Crippen molar-refractivity contribution in [3.63, 3.8) is 0 Å². The molecular weight excluding hydrogens is 359 g/mol. The van der Waals surface area contributed by atoms with Crippen molar-refractivity contribution < 1.29 is 22.3 Å². The summed E-state index contributed by atoms with van der Waals surface area (Å²) in [5, 5.41) is 2.85. The quantitative estimate of drug-likeness (QED) is 0.769. The van der Waals surface area contributed by atoms with Gasteiger partial charge in [0, 0.05) is 12.6 Å². The van der Waals surface area contributed by atoms with Gasteiger partial charge in [-0.15, -0.1) is 0 Å². The van der Waals surface area contributed by atoms with Crippen LogP contribution in [0.15, 0.2) is 18.2 Å². The molecule has 1 atom stereocenters. The third-order valence-electron chi connectivity index (χ3n) is 3.78. The second-order valence-electron chi connectivity index (χ2n) is 5.50. The Hall–Kier alpha value is -1.54. The maximum absolute atomic E-state index is 12.9. The minimum Gasteiger partial charge on any atom is -0.490 e. The van der Waals surface area contributed by atoms with Gasteiger partial charge in [0.1, 0.15) is 18.2 Å². The zero-order valence-electron chi connectivity index (χ0n) is 13.3. The van der Waals surface area contributed by atoms with Crippen LogP contribution in [0.5, 0.6) is 5.75 Å². The Balaban J connectivity index is 1.79. The van der Waals surface area contributed by atoms with Crippen LogP contribution in [0.25, 0.3) is 0 Å². The molecule has 1 aromatic carbocycles. The van der Waals surface area contributed by atoms with E-state index in [1.165, 1.54) is 17.0 Å².